The van der Waals surface area contributed by atoms with E-state index in [1.807, 2.05) is 0 Å². The molecule has 0 radical (unpaired) electrons. The van der Waals surface area contributed by atoms with Gasteiger partial charge in [-0.3, -0.25) is 0 Å². The lowest BCUT2D eigenvalue weighted by Gasteiger charge is -3.37. The molecule has 0 heteroatoms. The Bertz CT molecular complexity index is 1620. The van der Waals surface area contributed by atoms with E-state index < -0.39 is 0 Å². The lowest BCUT2D eigenvalue weighted by molar-refractivity contribution is -0.920. The summed E-state index contributed by atoms with van der Waals surface area (Å²) in [6.45, 7) is 0. The standard InChI is InChI=1S/C36H30.4H2/c1-5-2-8-12-16-20-25-26-22-18-14-10-4-6-3-9-13-17-21-24-23-19-15-11-7(1)27(5,8)29(11,12)31(15,16)33(19,20)35(23,25)36(24,26)34(21,22)32(17,18)30(13,14)28(6,9)10;;;;/h5-26H,1-4H2;4*1H/i;4*1+1D. The SMILES string of the molecule is C1C2CC3C4C5C6C7C8C9C%10C%11C%12CC%13CC%14C%15C%16C%17C%18C%19C%20C%21C%22C1C23C%224C%215C%206C%197C%188C%179C%16%10C%15%11C%13%14%12.[2H][2H].[2H][2H].[2H][2H].[2H][2H]. The second-order valence-corrected chi connectivity index (χ2v) is 22.0. The minimum absolute atomic E-state index is 1.08. The summed E-state index contributed by atoms with van der Waals surface area (Å²) in [5, 5.41) is 0. The third-order valence-electron chi connectivity index (χ3n) is 27.7. The Kier molecular flexibility index (Phi) is 0.788. The fourth-order valence-electron chi connectivity index (χ4n) is 32.3. The molecular formula is C36H38. The van der Waals surface area contributed by atoms with Crippen LogP contribution in [-0.4, -0.2) is 0 Å². The molecule has 0 aromatic carbocycles. The zero-order chi connectivity index (χ0) is 28.5. The largest absolute Gasteiger partial charge is 0.0461 e. The number of fused-ring (bicyclic) bond motifs is 18. The predicted octanol–water partition coefficient (Wildman–Crippen LogP) is 5.25. The molecule has 20 unspecified atom stereocenters. The Labute approximate surface area is 222 Å². The Morgan fingerprint density at radius 2 is 0.528 bits per heavy atom. The van der Waals surface area contributed by atoms with Crippen molar-refractivity contribution in [3.63, 3.8) is 0 Å². The molecule has 36 heavy (non-hydrogen) atoms. The first kappa shape index (κ1) is 11.9. The van der Waals surface area contributed by atoms with Crippen LogP contribution in [-0.2, 0) is 0 Å². The lowest BCUT2D eigenvalue weighted by atomic mass is 8.66. The summed E-state index contributed by atoms with van der Waals surface area (Å²) < 4.78 is 40.0. The molecular weight excluding hydrogens is 432 g/mol. The van der Waals surface area contributed by atoms with Gasteiger partial charge in [-0.05, 0) is 210 Å². The molecule has 0 amide bonds. The molecule has 10 spiro atoms. The van der Waals surface area contributed by atoms with Gasteiger partial charge in [0.15, 0.2) is 0 Å². The average molecular weight is 479 g/mol. The molecule has 0 aliphatic heterocycles. The summed E-state index contributed by atoms with van der Waals surface area (Å²) in [5.41, 5.74) is 10.9. The van der Waals surface area contributed by atoms with Crippen LogP contribution in [0.2, 0.25) is 0 Å². The lowest BCUT2D eigenvalue weighted by Crippen LogP contribution is -3.35. The highest BCUT2D eigenvalue weighted by molar-refractivity contribution is 5.82. The van der Waals surface area contributed by atoms with Crippen LogP contribution in [0.4, 0.5) is 0 Å². The van der Waals surface area contributed by atoms with Crippen LogP contribution in [0.25, 0.3) is 0 Å². The van der Waals surface area contributed by atoms with E-state index in [0.717, 1.165) is 54.1 Å². The van der Waals surface area contributed by atoms with Gasteiger partial charge in [0.05, 0.1) is 0 Å². The highest BCUT2D eigenvalue weighted by atomic mass is 15.4. The second-order valence-electron chi connectivity index (χ2n) is 22.0. The summed E-state index contributed by atoms with van der Waals surface area (Å²) >= 11 is 0. The smallest absolute Gasteiger partial charge is 0 e. The number of hydrogen-bond donors (Lipinski definition) is 0. The van der Waals surface area contributed by atoms with Crippen molar-refractivity contribution in [3.05, 3.63) is 0 Å². The summed E-state index contributed by atoms with van der Waals surface area (Å²) in [6.07, 6.45) is 7.00. The molecule has 0 aromatic heterocycles. The average Bonchev–Trinajstić information content (AvgIpc) is 2.97. The maximum Gasteiger partial charge on any atom is 0 e. The van der Waals surface area contributed by atoms with Gasteiger partial charge in [0.1, 0.15) is 0 Å². The van der Waals surface area contributed by atoms with Crippen molar-refractivity contribution in [1.29, 1.82) is 0 Å². The Balaban J connectivity index is 0.000000232. The minimum Gasteiger partial charge on any atom is -0.0461 e. The molecule has 22 rings (SSSR count). The van der Waals surface area contributed by atoms with Gasteiger partial charge in [-0.2, -0.15) is 0 Å². The van der Waals surface area contributed by atoms with Crippen molar-refractivity contribution < 1.29 is 11.9 Å². The van der Waals surface area contributed by atoms with Crippen LogP contribution < -0.4 is 0 Å². The van der Waals surface area contributed by atoms with Crippen LogP contribution in [0, 0.1) is 184 Å². The van der Waals surface area contributed by atoms with E-state index in [2.05, 4.69) is 0 Å². The first-order valence-electron chi connectivity index (χ1n) is 21.9. The molecule has 0 N–H and O–H groups in total. The van der Waals surface area contributed by atoms with E-state index in [0.29, 0.717) is 0 Å². The monoisotopic (exact) mass is 478 g/mol. The van der Waals surface area contributed by atoms with Crippen molar-refractivity contribution in [2.45, 2.75) is 25.7 Å². The predicted molar refractivity (Wildman–Crippen MR) is 128 cm³/mol. The molecule has 0 saturated heterocycles. The zero-order valence-electron chi connectivity index (χ0n) is 28.5. The van der Waals surface area contributed by atoms with Crippen molar-refractivity contribution in [1.82, 2.24) is 0 Å². The third kappa shape index (κ3) is 0.409. The Morgan fingerprint density at radius 3 is 0.778 bits per heavy atom. The van der Waals surface area contributed by atoms with E-state index in [4.69, 9.17) is 11.9 Å². The molecule has 20 atom stereocenters. The second kappa shape index (κ2) is 2.39. The van der Waals surface area contributed by atoms with E-state index in [1.54, 1.807) is 25.7 Å². The summed E-state index contributed by atoms with van der Waals surface area (Å²) in [5.74, 6) is 29.9. The fraction of sp³-hybridized carbons (Fsp3) is 1.00. The van der Waals surface area contributed by atoms with Gasteiger partial charge in [0.25, 0.3) is 0 Å². The van der Waals surface area contributed by atoms with E-state index >= 15 is 0 Å². The van der Waals surface area contributed by atoms with Gasteiger partial charge in [0.2, 0.25) is 0 Å². The van der Waals surface area contributed by atoms with E-state index in [-0.39, 0.29) is 0 Å². The topological polar surface area (TPSA) is 0 Å². The van der Waals surface area contributed by atoms with Crippen LogP contribution in [0.3, 0.4) is 0 Å². The highest BCUT2D eigenvalue weighted by Gasteiger charge is 3.36. The van der Waals surface area contributed by atoms with Crippen LogP contribution in [0.5, 0.6) is 0 Å². The molecule has 0 heterocycles. The molecule has 22 aliphatic carbocycles. The van der Waals surface area contributed by atoms with Gasteiger partial charge < -0.3 is 0 Å². The highest BCUT2D eigenvalue weighted by Crippen LogP contribution is 3.38. The van der Waals surface area contributed by atoms with Gasteiger partial charge in [-0.25, -0.2) is 0 Å². The fourth-order valence-corrected chi connectivity index (χ4v) is 32.3. The summed E-state index contributed by atoms with van der Waals surface area (Å²) in [6, 6.07) is 0. The molecule has 22 aliphatic rings. The van der Waals surface area contributed by atoms with Gasteiger partial charge in [-0.15, -0.1) is 0 Å². The van der Waals surface area contributed by atoms with Crippen LogP contribution in [0.1, 0.15) is 37.6 Å². The van der Waals surface area contributed by atoms with Gasteiger partial charge in [-0.1, -0.05) is 0 Å². The molecule has 0 bridgehead atoms. The maximum atomic E-state index is 5.00. The molecule has 0 aromatic rings. The van der Waals surface area contributed by atoms with Crippen molar-refractivity contribution in [3.8, 4) is 0 Å². The molecule has 0 nitrogen and oxygen atoms in total. The number of hydrogen-bond acceptors (Lipinski definition) is 0. The normalized spacial score (nSPS) is 123. The number of rotatable bonds is 0. The molecule has 182 valence electrons. The van der Waals surface area contributed by atoms with Gasteiger partial charge in [0, 0.05) is 11.9 Å². The zero-order valence-corrected chi connectivity index (χ0v) is 20.5. The van der Waals surface area contributed by atoms with Crippen molar-refractivity contribution >= 4 is 0 Å². The van der Waals surface area contributed by atoms with E-state index in [1.165, 1.54) is 130 Å². The maximum absolute atomic E-state index is 5.00. The van der Waals surface area contributed by atoms with Crippen molar-refractivity contribution in [2.24, 2.45) is 184 Å². The van der Waals surface area contributed by atoms with Crippen LogP contribution in [0.15, 0.2) is 0 Å². The summed E-state index contributed by atoms with van der Waals surface area (Å²) in [4.78, 5) is 0. The quantitative estimate of drug-likeness (QED) is 0.446. The minimum atomic E-state index is 1.08. The van der Waals surface area contributed by atoms with Gasteiger partial charge >= 0.3 is 0 Å². The van der Waals surface area contributed by atoms with E-state index in [9.17, 15) is 0 Å². The first-order chi connectivity index (χ1) is 21.9. The first-order valence-corrected chi connectivity index (χ1v) is 17.9. The Hall–Kier alpha value is 0. The molecule has 22 saturated carbocycles. The van der Waals surface area contributed by atoms with Crippen molar-refractivity contribution in [2.75, 3.05) is 0 Å². The molecule has 22 fully saturated rings. The third-order valence-corrected chi connectivity index (χ3v) is 27.7. The van der Waals surface area contributed by atoms with Crippen LogP contribution >= 0.6 is 0 Å². The summed E-state index contributed by atoms with van der Waals surface area (Å²) in [7, 11) is 0. The Morgan fingerprint density at radius 1 is 0.306 bits per heavy atom.